The van der Waals surface area contributed by atoms with Crippen LogP contribution in [0.1, 0.15) is 18.1 Å². The van der Waals surface area contributed by atoms with Gasteiger partial charge in [0.2, 0.25) is 5.13 Å². The molecule has 7 nitrogen and oxygen atoms in total. The normalized spacial score (nSPS) is 11.3. The van der Waals surface area contributed by atoms with Crippen LogP contribution in [0, 0.1) is 13.8 Å². The Hall–Kier alpha value is -1.74. The first-order valence-electron chi connectivity index (χ1n) is 5.97. The lowest BCUT2D eigenvalue weighted by Gasteiger charge is -2.13. The molecule has 0 spiro atoms. The van der Waals surface area contributed by atoms with Crippen LogP contribution in [-0.2, 0) is 10.0 Å². The van der Waals surface area contributed by atoms with Gasteiger partial charge in [0.15, 0.2) is 0 Å². The fourth-order valence-electron chi connectivity index (χ4n) is 2.02. The molecule has 1 heterocycles. The zero-order valence-corrected chi connectivity index (χ0v) is 13.0. The Balaban J connectivity index is 2.41. The van der Waals surface area contributed by atoms with Crippen molar-refractivity contribution in [2.45, 2.75) is 25.7 Å². The van der Waals surface area contributed by atoms with E-state index in [-0.39, 0.29) is 10.0 Å². The van der Waals surface area contributed by atoms with Crippen LogP contribution in [-0.4, -0.2) is 29.8 Å². The lowest BCUT2D eigenvalue weighted by molar-refractivity contribution is 0.600. The van der Waals surface area contributed by atoms with E-state index in [1.54, 1.807) is 13.8 Å². The van der Waals surface area contributed by atoms with Crippen LogP contribution < -0.4 is 10.0 Å². The molecule has 0 saturated heterocycles. The van der Waals surface area contributed by atoms with Gasteiger partial charge in [-0.15, -0.1) is 0 Å². The van der Waals surface area contributed by atoms with Crippen LogP contribution in [0.2, 0.25) is 0 Å². The lowest BCUT2D eigenvalue weighted by Crippen LogP contribution is -2.16. The van der Waals surface area contributed by atoms with Crippen LogP contribution in [0.3, 0.4) is 0 Å². The summed E-state index contributed by atoms with van der Waals surface area (Å²) in [6, 6.07) is 3.62. The van der Waals surface area contributed by atoms with E-state index in [2.05, 4.69) is 24.8 Å². The Kier molecular flexibility index (Phi) is 4.19. The summed E-state index contributed by atoms with van der Waals surface area (Å²) in [4.78, 5) is 0.259. The predicted octanol–water partition coefficient (Wildman–Crippen LogP) is 1.78. The summed E-state index contributed by atoms with van der Waals surface area (Å²) in [6.07, 6.45) is 0. The van der Waals surface area contributed by atoms with Crippen molar-refractivity contribution in [3.8, 4) is 0 Å². The highest BCUT2D eigenvalue weighted by molar-refractivity contribution is 7.93. The standard InChI is InChI=1S/C11H15N5O2S2/c1-4-12-9-5-7(2)10(8(3)6-9)20(17,18)14-11-13-15-16-19-11/h5-6,12H,4H2,1-3H3,(H,13,14,16). The maximum atomic E-state index is 12.4. The van der Waals surface area contributed by atoms with Gasteiger partial charge in [-0.25, -0.2) is 8.42 Å². The fourth-order valence-corrected chi connectivity index (χ4v) is 4.06. The van der Waals surface area contributed by atoms with Gasteiger partial charge in [-0.3, -0.25) is 4.72 Å². The fraction of sp³-hybridized carbons (Fsp3) is 0.364. The molecule has 1 aromatic carbocycles. The topological polar surface area (TPSA) is 96.9 Å². The Morgan fingerprint density at radius 1 is 1.25 bits per heavy atom. The molecular weight excluding hydrogens is 298 g/mol. The van der Waals surface area contributed by atoms with E-state index >= 15 is 0 Å². The van der Waals surface area contributed by atoms with Gasteiger partial charge in [0.25, 0.3) is 10.0 Å². The molecule has 0 amide bonds. The number of nitrogens with one attached hydrogen (secondary N) is 2. The van der Waals surface area contributed by atoms with Gasteiger partial charge < -0.3 is 5.32 Å². The highest BCUT2D eigenvalue weighted by Gasteiger charge is 2.21. The van der Waals surface area contributed by atoms with E-state index < -0.39 is 10.0 Å². The van der Waals surface area contributed by atoms with Crippen LogP contribution in [0.5, 0.6) is 0 Å². The van der Waals surface area contributed by atoms with Crippen molar-refractivity contribution >= 4 is 32.4 Å². The second-order valence-electron chi connectivity index (χ2n) is 4.24. The number of hydrogen-bond acceptors (Lipinski definition) is 7. The molecule has 20 heavy (non-hydrogen) atoms. The third-order valence-electron chi connectivity index (χ3n) is 2.63. The minimum absolute atomic E-state index is 0.152. The molecule has 0 radical (unpaired) electrons. The molecule has 2 rings (SSSR count). The van der Waals surface area contributed by atoms with Crippen LogP contribution in [0.4, 0.5) is 10.8 Å². The van der Waals surface area contributed by atoms with E-state index in [1.165, 1.54) is 0 Å². The van der Waals surface area contributed by atoms with Crippen molar-refractivity contribution in [1.29, 1.82) is 0 Å². The van der Waals surface area contributed by atoms with Gasteiger partial charge in [0.05, 0.1) is 4.90 Å². The second kappa shape index (κ2) is 5.71. The van der Waals surface area contributed by atoms with Crippen molar-refractivity contribution in [2.24, 2.45) is 0 Å². The average molecular weight is 313 g/mol. The van der Waals surface area contributed by atoms with Gasteiger partial charge in [-0.05, 0) is 49.2 Å². The van der Waals surface area contributed by atoms with E-state index in [0.717, 1.165) is 23.8 Å². The van der Waals surface area contributed by atoms with Gasteiger partial charge in [-0.2, -0.15) is 0 Å². The largest absolute Gasteiger partial charge is 0.385 e. The van der Waals surface area contributed by atoms with Crippen LogP contribution in [0.15, 0.2) is 17.0 Å². The quantitative estimate of drug-likeness (QED) is 0.873. The molecule has 9 heteroatoms. The Morgan fingerprint density at radius 2 is 1.90 bits per heavy atom. The van der Waals surface area contributed by atoms with Crippen LogP contribution in [0.25, 0.3) is 0 Å². The first-order chi connectivity index (χ1) is 9.44. The first-order valence-corrected chi connectivity index (χ1v) is 8.22. The Labute approximate surface area is 121 Å². The summed E-state index contributed by atoms with van der Waals surface area (Å²) in [7, 11) is -3.69. The number of benzene rings is 1. The SMILES string of the molecule is CCNc1cc(C)c(S(=O)(=O)Nc2nnns2)c(C)c1. The summed E-state index contributed by atoms with van der Waals surface area (Å²) in [5.74, 6) is 0. The van der Waals surface area contributed by atoms with E-state index in [0.29, 0.717) is 11.1 Å². The van der Waals surface area contributed by atoms with Crippen molar-refractivity contribution < 1.29 is 8.42 Å². The second-order valence-corrected chi connectivity index (χ2v) is 6.59. The highest BCUT2D eigenvalue weighted by Crippen LogP contribution is 2.26. The van der Waals surface area contributed by atoms with Crippen LogP contribution >= 0.6 is 11.5 Å². The van der Waals surface area contributed by atoms with E-state index in [4.69, 9.17) is 0 Å². The number of anilines is 2. The average Bonchev–Trinajstić information content (AvgIpc) is 2.79. The zero-order chi connectivity index (χ0) is 14.8. The first kappa shape index (κ1) is 14.7. The number of nitrogens with zero attached hydrogens (tertiary/aromatic N) is 3. The molecule has 0 aliphatic heterocycles. The molecule has 0 unspecified atom stereocenters. The maximum Gasteiger partial charge on any atom is 0.264 e. The third kappa shape index (κ3) is 3.05. The van der Waals surface area contributed by atoms with Gasteiger partial charge >= 0.3 is 0 Å². The molecule has 0 aliphatic carbocycles. The van der Waals surface area contributed by atoms with Crippen molar-refractivity contribution in [2.75, 3.05) is 16.6 Å². The summed E-state index contributed by atoms with van der Waals surface area (Å²) < 4.78 is 30.7. The molecule has 108 valence electrons. The maximum absolute atomic E-state index is 12.4. The summed E-state index contributed by atoms with van der Waals surface area (Å²) >= 11 is 0.893. The molecule has 1 aromatic heterocycles. The minimum Gasteiger partial charge on any atom is -0.385 e. The van der Waals surface area contributed by atoms with E-state index in [1.807, 2.05) is 19.1 Å². The summed E-state index contributed by atoms with van der Waals surface area (Å²) in [5, 5.41) is 10.3. The van der Waals surface area contributed by atoms with Gasteiger partial charge in [0.1, 0.15) is 0 Å². The number of sulfonamides is 1. The third-order valence-corrected chi connectivity index (χ3v) is 4.92. The minimum atomic E-state index is -3.69. The van der Waals surface area contributed by atoms with Crippen molar-refractivity contribution in [3.05, 3.63) is 23.3 Å². The Bertz CT molecular complexity index is 675. The number of aryl methyl sites for hydroxylation is 2. The van der Waals surface area contributed by atoms with Gasteiger partial charge in [-0.1, -0.05) is 9.59 Å². The predicted molar refractivity (Wildman–Crippen MR) is 78.6 cm³/mol. The van der Waals surface area contributed by atoms with Gasteiger partial charge in [0, 0.05) is 23.8 Å². The lowest BCUT2D eigenvalue weighted by atomic mass is 10.1. The molecule has 2 N–H and O–H groups in total. The number of aromatic nitrogens is 3. The summed E-state index contributed by atoms with van der Waals surface area (Å²) in [5.41, 5.74) is 2.25. The molecule has 2 aromatic rings. The number of hydrogen-bond donors (Lipinski definition) is 2. The monoisotopic (exact) mass is 313 g/mol. The molecular formula is C11H15N5O2S2. The summed E-state index contributed by atoms with van der Waals surface area (Å²) in [6.45, 7) is 6.29. The Morgan fingerprint density at radius 3 is 2.40 bits per heavy atom. The number of rotatable bonds is 5. The molecule has 0 bridgehead atoms. The molecule has 0 atom stereocenters. The van der Waals surface area contributed by atoms with Crippen molar-refractivity contribution in [1.82, 2.24) is 14.8 Å². The smallest absolute Gasteiger partial charge is 0.264 e. The zero-order valence-electron chi connectivity index (χ0n) is 11.3. The highest BCUT2D eigenvalue weighted by atomic mass is 32.2. The van der Waals surface area contributed by atoms with E-state index in [9.17, 15) is 8.42 Å². The molecule has 0 fully saturated rings. The molecule has 0 aliphatic rings. The van der Waals surface area contributed by atoms with Crippen molar-refractivity contribution in [3.63, 3.8) is 0 Å². The molecule has 0 saturated carbocycles.